The fourth-order valence-corrected chi connectivity index (χ4v) is 2.43. The molecule has 0 N–H and O–H groups in total. The maximum absolute atomic E-state index is 12.2. The van der Waals surface area contributed by atoms with Gasteiger partial charge in [-0.05, 0) is 36.6 Å². The van der Waals surface area contributed by atoms with Crippen molar-refractivity contribution in [3.05, 3.63) is 29.8 Å². The van der Waals surface area contributed by atoms with Crippen molar-refractivity contribution in [1.82, 2.24) is 0 Å². The van der Waals surface area contributed by atoms with E-state index in [9.17, 15) is 14.4 Å². The molecule has 0 aliphatic carbocycles. The Hall–Kier alpha value is -2.17. The normalized spacial score (nSPS) is 17.8. The van der Waals surface area contributed by atoms with Crippen LogP contribution in [0.5, 0.6) is 0 Å². The molecule has 21 heavy (non-hydrogen) atoms. The van der Waals surface area contributed by atoms with E-state index < -0.39 is 5.97 Å². The monoisotopic (exact) mass is 289 g/mol. The summed E-state index contributed by atoms with van der Waals surface area (Å²) in [5.41, 5.74) is 0.599. The van der Waals surface area contributed by atoms with Crippen molar-refractivity contribution < 1.29 is 19.1 Å². The molecule has 2 amide bonds. The van der Waals surface area contributed by atoms with Gasteiger partial charge in [0.1, 0.15) is 0 Å². The van der Waals surface area contributed by atoms with E-state index in [-0.39, 0.29) is 17.2 Å². The highest BCUT2D eigenvalue weighted by Crippen LogP contribution is 2.34. The van der Waals surface area contributed by atoms with E-state index in [4.69, 9.17) is 4.74 Å². The topological polar surface area (TPSA) is 63.7 Å². The number of carbonyl (C=O) groups is 3. The van der Waals surface area contributed by atoms with E-state index in [0.717, 1.165) is 0 Å². The van der Waals surface area contributed by atoms with Crippen LogP contribution in [0.1, 0.15) is 44.0 Å². The van der Waals surface area contributed by atoms with E-state index >= 15 is 0 Å². The van der Waals surface area contributed by atoms with Crippen LogP contribution in [0.4, 0.5) is 5.69 Å². The van der Waals surface area contributed by atoms with E-state index in [2.05, 4.69) is 0 Å². The summed E-state index contributed by atoms with van der Waals surface area (Å²) in [5, 5.41) is 0. The van der Waals surface area contributed by atoms with Gasteiger partial charge in [0, 0.05) is 12.8 Å². The number of piperidine rings is 1. The second-order valence-electron chi connectivity index (χ2n) is 5.91. The molecule has 0 bridgehead atoms. The predicted molar refractivity (Wildman–Crippen MR) is 77.9 cm³/mol. The summed E-state index contributed by atoms with van der Waals surface area (Å²) in [4.78, 5) is 37.1. The lowest BCUT2D eigenvalue weighted by atomic mass is 9.81. The van der Waals surface area contributed by atoms with Crippen LogP contribution in [0, 0.1) is 5.41 Å². The van der Waals surface area contributed by atoms with Crippen molar-refractivity contribution in [2.45, 2.75) is 33.6 Å². The van der Waals surface area contributed by atoms with Crippen LogP contribution in [0.25, 0.3) is 0 Å². The van der Waals surface area contributed by atoms with Crippen molar-refractivity contribution in [3.8, 4) is 0 Å². The fourth-order valence-electron chi connectivity index (χ4n) is 2.43. The van der Waals surface area contributed by atoms with Crippen molar-refractivity contribution in [2.75, 3.05) is 11.5 Å². The first-order valence-corrected chi connectivity index (χ1v) is 6.97. The third-order valence-corrected chi connectivity index (χ3v) is 3.39. The molecule has 1 fully saturated rings. The highest BCUT2D eigenvalue weighted by Gasteiger charge is 2.38. The molecular formula is C16H19NO4. The number of amides is 2. The molecule has 0 saturated carbocycles. The summed E-state index contributed by atoms with van der Waals surface area (Å²) >= 11 is 0. The minimum absolute atomic E-state index is 0.208. The quantitative estimate of drug-likeness (QED) is 0.633. The molecule has 5 nitrogen and oxygen atoms in total. The number of ether oxygens (including phenoxy) is 1. The van der Waals surface area contributed by atoms with E-state index in [1.165, 1.54) is 4.90 Å². The van der Waals surface area contributed by atoms with Crippen LogP contribution in [-0.2, 0) is 14.3 Å². The Bertz CT molecular complexity index is 554. The van der Waals surface area contributed by atoms with Gasteiger partial charge in [0.05, 0.1) is 17.9 Å². The molecule has 0 unspecified atom stereocenters. The molecule has 0 aromatic heterocycles. The Morgan fingerprint density at radius 2 is 1.67 bits per heavy atom. The highest BCUT2D eigenvalue weighted by atomic mass is 16.5. The first kappa shape index (κ1) is 15.2. The van der Waals surface area contributed by atoms with Gasteiger partial charge in [-0.3, -0.25) is 14.5 Å². The summed E-state index contributed by atoms with van der Waals surface area (Å²) in [6.07, 6.45) is 0.663. The lowest BCUT2D eigenvalue weighted by molar-refractivity contribution is -0.132. The van der Waals surface area contributed by atoms with Gasteiger partial charge >= 0.3 is 5.97 Å². The standard InChI is InChI=1S/C16H19NO4/c1-4-21-15(20)11-5-7-12(8-6-11)17-13(18)9-16(2,3)10-14(17)19/h5-8H,4,9-10H2,1-3H3. The second-order valence-corrected chi connectivity index (χ2v) is 5.91. The van der Waals surface area contributed by atoms with Crippen LogP contribution in [0.15, 0.2) is 24.3 Å². The summed E-state index contributed by atoms with van der Waals surface area (Å²) in [7, 11) is 0. The number of carbonyl (C=O) groups excluding carboxylic acids is 3. The van der Waals surface area contributed by atoms with Gasteiger partial charge < -0.3 is 4.74 Å². The molecular weight excluding hydrogens is 270 g/mol. The van der Waals surface area contributed by atoms with Crippen molar-refractivity contribution in [1.29, 1.82) is 0 Å². The lowest BCUT2D eigenvalue weighted by Gasteiger charge is -2.34. The Balaban J connectivity index is 2.21. The predicted octanol–water partition coefficient (Wildman–Crippen LogP) is 2.54. The molecule has 0 atom stereocenters. The fraction of sp³-hybridized carbons (Fsp3) is 0.438. The Labute approximate surface area is 123 Å². The molecule has 2 rings (SSSR count). The van der Waals surface area contributed by atoms with E-state index in [1.54, 1.807) is 31.2 Å². The Morgan fingerprint density at radius 3 is 2.14 bits per heavy atom. The Kier molecular flexibility index (Phi) is 4.11. The summed E-state index contributed by atoms with van der Waals surface area (Å²) in [5.74, 6) is -0.832. The number of hydrogen-bond donors (Lipinski definition) is 0. The molecule has 1 aromatic rings. The van der Waals surface area contributed by atoms with Gasteiger partial charge in [0.15, 0.2) is 0 Å². The van der Waals surface area contributed by atoms with E-state index in [1.807, 2.05) is 13.8 Å². The minimum Gasteiger partial charge on any atom is -0.462 e. The maximum atomic E-state index is 12.2. The molecule has 0 spiro atoms. The first-order valence-electron chi connectivity index (χ1n) is 6.97. The highest BCUT2D eigenvalue weighted by molar-refractivity contribution is 6.17. The number of hydrogen-bond acceptors (Lipinski definition) is 4. The average Bonchev–Trinajstić information content (AvgIpc) is 2.37. The SMILES string of the molecule is CCOC(=O)c1ccc(N2C(=O)CC(C)(C)CC2=O)cc1. The molecule has 112 valence electrons. The van der Waals surface area contributed by atoms with Crippen molar-refractivity contribution >= 4 is 23.5 Å². The number of nitrogens with zero attached hydrogens (tertiary/aromatic N) is 1. The van der Waals surface area contributed by atoms with Gasteiger partial charge in [-0.25, -0.2) is 4.79 Å². The molecule has 1 saturated heterocycles. The summed E-state index contributed by atoms with van der Waals surface area (Å²) in [6, 6.07) is 6.32. The number of imide groups is 1. The number of benzene rings is 1. The zero-order valence-corrected chi connectivity index (χ0v) is 12.5. The smallest absolute Gasteiger partial charge is 0.338 e. The lowest BCUT2D eigenvalue weighted by Crippen LogP contribution is -2.46. The molecule has 5 heteroatoms. The number of rotatable bonds is 3. The third-order valence-electron chi connectivity index (χ3n) is 3.39. The zero-order chi connectivity index (χ0) is 15.6. The van der Waals surface area contributed by atoms with Crippen LogP contribution in [-0.4, -0.2) is 24.4 Å². The minimum atomic E-state index is -0.415. The zero-order valence-electron chi connectivity index (χ0n) is 12.5. The van der Waals surface area contributed by atoms with Crippen LogP contribution in [0.2, 0.25) is 0 Å². The van der Waals surface area contributed by atoms with Crippen LogP contribution in [0.3, 0.4) is 0 Å². The van der Waals surface area contributed by atoms with Gasteiger partial charge in [0.2, 0.25) is 11.8 Å². The summed E-state index contributed by atoms with van der Waals surface area (Å²) in [6.45, 7) is 5.85. The molecule has 1 aliphatic rings. The molecule has 1 aromatic carbocycles. The Morgan fingerprint density at radius 1 is 1.14 bits per heavy atom. The third kappa shape index (κ3) is 3.29. The van der Waals surface area contributed by atoms with Gasteiger partial charge in [-0.1, -0.05) is 13.8 Å². The summed E-state index contributed by atoms with van der Waals surface area (Å²) < 4.78 is 4.90. The number of esters is 1. The van der Waals surface area contributed by atoms with Crippen LogP contribution >= 0.6 is 0 Å². The second kappa shape index (κ2) is 5.68. The van der Waals surface area contributed by atoms with Crippen LogP contribution < -0.4 is 4.90 Å². The number of anilines is 1. The molecule has 0 radical (unpaired) electrons. The average molecular weight is 289 g/mol. The van der Waals surface area contributed by atoms with Gasteiger partial charge in [-0.2, -0.15) is 0 Å². The largest absolute Gasteiger partial charge is 0.462 e. The van der Waals surface area contributed by atoms with Crippen molar-refractivity contribution in [2.24, 2.45) is 5.41 Å². The molecule has 1 aliphatic heterocycles. The van der Waals surface area contributed by atoms with Gasteiger partial charge in [-0.15, -0.1) is 0 Å². The maximum Gasteiger partial charge on any atom is 0.338 e. The first-order chi connectivity index (χ1) is 9.84. The van der Waals surface area contributed by atoms with E-state index in [0.29, 0.717) is 30.7 Å². The van der Waals surface area contributed by atoms with Crippen molar-refractivity contribution in [3.63, 3.8) is 0 Å². The van der Waals surface area contributed by atoms with Gasteiger partial charge in [0.25, 0.3) is 0 Å². The molecule has 1 heterocycles.